The Labute approximate surface area is 98.0 Å². The van der Waals surface area contributed by atoms with Crippen molar-refractivity contribution in [3.63, 3.8) is 0 Å². The molecule has 1 N–H and O–H groups in total. The predicted molar refractivity (Wildman–Crippen MR) is 67.3 cm³/mol. The molecule has 0 bridgehead atoms. The van der Waals surface area contributed by atoms with Crippen LogP contribution in [0, 0.1) is 0 Å². The average molecular weight is 219 g/mol. The van der Waals surface area contributed by atoms with Crippen molar-refractivity contribution in [3.8, 4) is 0 Å². The van der Waals surface area contributed by atoms with Crippen LogP contribution in [0.5, 0.6) is 0 Å². The fourth-order valence-electron chi connectivity index (χ4n) is 1.95. The summed E-state index contributed by atoms with van der Waals surface area (Å²) in [5.41, 5.74) is 2.40. The molecule has 1 atom stereocenters. The van der Waals surface area contributed by atoms with E-state index in [1.807, 2.05) is 24.4 Å². The molecule has 1 aromatic rings. The van der Waals surface area contributed by atoms with Gasteiger partial charge in [-0.25, -0.2) is 0 Å². The van der Waals surface area contributed by atoms with Gasteiger partial charge in [0.05, 0.1) is 6.61 Å². The standard InChI is InChI=1S/C14H21NO/c1-3-6-13(11-12(2)8-10-16)14-7-4-5-9-15-14/h4-5,7-9,13,16H,3,6,10-11H2,1-2H3/b12-8+. The largest absolute Gasteiger partial charge is 0.392 e. The number of pyridine rings is 1. The zero-order chi connectivity index (χ0) is 11.8. The Kier molecular flexibility index (Phi) is 5.79. The fraction of sp³-hybridized carbons (Fsp3) is 0.500. The Hall–Kier alpha value is -1.15. The molecule has 2 heteroatoms. The highest BCUT2D eigenvalue weighted by atomic mass is 16.2. The highest BCUT2D eigenvalue weighted by Gasteiger charge is 2.11. The molecule has 0 spiro atoms. The van der Waals surface area contributed by atoms with E-state index in [-0.39, 0.29) is 6.61 Å². The predicted octanol–water partition coefficient (Wildman–Crippen LogP) is 3.29. The van der Waals surface area contributed by atoms with Crippen molar-refractivity contribution >= 4 is 0 Å². The SMILES string of the molecule is CCCC(C/C(C)=C/CO)c1ccccn1. The van der Waals surface area contributed by atoms with Crippen LogP contribution in [0.2, 0.25) is 0 Å². The van der Waals surface area contributed by atoms with Crippen molar-refractivity contribution in [3.05, 3.63) is 41.7 Å². The summed E-state index contributed by atoms with van der Waals surface area (Å²) in [5, 5.41) is 8.86. The molecule has 0 amide bonds. The number of aliphatic hydroxyl groups is 1. The molecule has 0 radical (unpaired) electrons. The minimum Gasteiger partial charge on any atom is -0.392 e. The molecule has 2 nitrogen and oxygen atoms in total. The van der Waals surface area contributed by atoms with E-state index >= 15 is 0 Å². The summed E-state index contributed by atoms with van der Waals surface area (Å²) in [7, 11) is 0. The second-order valence-corrected chi connectivity index (χ2v) is 4.18. The Morgan fingerprint density at radius 2 is 2.31 bits per heavy atom. The number of nitrogens with zero attached hydrogens (tertiary/aromatic N) is 1. The third-order valence-electron chi connectivity index (χ3n) is 2.75. The first kappa shape index (κ1) is 12.9. The number of allylic oxidation sites excluding steroid dienone is 1. The van der Waals surface area contributed by atoms with Gasteiger partial charge in [0.2, 0.25) is 0 Å². The van der Waals surface area contributed by atoms with E-state index in [0.717, 1.165) is 25.0 Å². The van der Waals surface area contributed by atoms with Gasteiger partial charge in [0.25, 0.3) is 0 Å². The molecule has 88 valence electrons. The van der Waals surface area contributed by atoms with Crippen LogP contribution in [0.1, 0.15) is 44.7 Å². The van der Waals surface area contributed by atoms with Crippen molar-refractivity contribution < 1.29 is 5.11 Å². The summed E-state index contributed by atoms with van der Waals surface area (Å²) in [6.07, 6.45) is 7.03. The molecule has 0 saturated heterocycles. The lowest BCUT2D eigenvalue weighted by atomic mass is 9.92. The third-order valence-corrected chi connectivity index (χ3v) is 2.75. The Bertz CT molecular complexity index is 319. The zero-order valence-corrected chi connectivity index (χ0v) is 10.2. The molecule has 0 saturated carbocycles. The van der Waals surface area contributed by atoms with Gasteiger partial charge in [-0.3, -0.25) is 4.98 Å². The van der Waals surface area contributed by atoms with Gasteiger partial charge in [0.1, 0.15) is 0 Å². The molecule has 0 aliphatic heterocycles. The second-order valence-electron chi connectivity index (χ2n) is 4.18. The minimum absolute atomic E-state index is 0.132. The zero-order valence-electron chi connectivity index (χ0n) is 10.2. The summed E-state index contributed by atoms with van der Waals surface area (Å²) < 4.78 is 0. The molecule has 0 aliphatic carbocycles. The van der Waals surface area contributed by atoms with Crippen LogP contribution in [-0.2, 0) is 0 Å². The van der Waals surface area contributed by atoms with Crippen LogP contribution in [-0.4, -0.2) is 16.7 Å². The topological polar surface area (TPSA) is 33.1 Å². The summed E-state index contributed by atoms with van der Waals surface area (Å²) in [6.45, 7) is 4.40. The van der Waals surface area contributed by atoms with Crippen LogP contribution < -0.4 is 0 Å². The Morgan fingerprint density at radius 1 is 1.50 bits per heavy atom. The van der Waals surface area contributed by atoms with Crippen molar-refractivity contribution in [1.29, 1.82) is 0 Å². The van der Waals surface area contributed by atoms with Gasteiger partial charge in [-0.1, -0.05) is 31.1 Å². The van der Waals surface area contributed by atoms with Gasteiger partial charge < -0.3 is 5.11 Å². The average Bonchev–Trinajstić information content (AvgIpc) is 2.30. The molecule has 1 heterocycles. The molecular weight excluding hydrogens is 198 g/mol. The number of aliphatic hydroxyl groups excluding tert-OH is 1. The molecule has 0 aliphatic rings. The molecule has 16 heavy (non-hydrogen) atoms. The van der Waals surface area contributed by atoms with Crippen molar-refractivity contribution in [2.45, 2.75) is 39.0 Å². The lowest BCUT2D eigenvalue weighted by molar-refractivity contribution is 0.341. The van der Waals surface area contributed by atoms with Crippen LogP contribution >= 0.6 is 0 Å². The van der Waals surface area contributed by atoms with Crippen molar-refractivity contribution in [2.24, 2.45) is 0 Å². The van der Waals surface area contributed by atoms with Gasteiger partial charge in [0, 0.05) is 17.8 Å². The van der Waals surface area contributed by atoms with E-state index in [1.165, 1.54) is 5.57 Å². The Morgan fingerprint density at radius 3 is 2.88 bits per heavy atom. The van der Waals surface area contributed by atoms with Gasteiger partial charge >= 0.3 is 0 Å². The lowest BCUT2D eigenvalue weighted by Crippen LogP contribution is -2.02. The lowest BCUT2D eigenvalue weighted by Gasteiger charge is -2.15. The summed E-state index contributed by atoms with van der Waals surface area (Å²) >= 11 is 0. The molecule has 0 aromatic carbocycles. The summed E-state index contributed by atoms with van der Waals surface area (Å²) in [5.74, 6) is 0.481. The first-order valence-corrected chi connectivity index (χ1v) is 5.95. The maximum absolute atomic E-state index is 8.86. The van der Waals surface area contributed by atoms with Crippen molar-refractivity contribution in [2.75, 3.05) is 6.61 Å². The Balaban J connectivity index is 2.72. The first-order valence-electron chi connectivity index (χ1n) is 5.95. The van der Waals surface area contributed by atoms with Gasteiger partial charge in [-0.2, -0.15) is 0 Å². The van der Waals surface area contributed by atoms with Crippen LogP contribution in [0.3, 0.4) is 0 Å². The van der Waals surface area contributed by atoms with Crippen LogP contribution in [0.25, 0.3) is 0 Å². The van der Waals surface area contributed by atoms with Gasteiger partial charge in [-0.15, -0.1) is 0 Å². The highest BCUT2D eigenvalue weighted by molar-refractivity contribution is 5.13. The summed E-state index contributed by atoms with van der Waals surface area (Å²) in [6, 6.07) is 6.07. The third kappa shape index (κ3) is 4.15. The van der Waals surface area contributed by atoms with E-state index in [4.69, 9.17) is 5.11 Å². The smallest absolute Gasteiger partial charge is 0.0614 e. The van der Waals surface area contributed by atoms with E-state index in [1.54, 1.807) is 0 Å². The number of rotatable bonds is 6. The van der Waals surface area contributed by atoms with Crippen molar-refractivity contribution in [1.82, 2.24) is 4.98 Å². The molecule has 1 rings (SSSR count). The maximum Gasteiger partial charge on any atom is 0.0614 e. The van der Waals surface area contributed by atoms with Crippen LogP contribution in [0.4, 0.5) is 0 Å². The fourth-order valence-corrected chi connectivity index (χ4v) is 1.95. The molecule has 1 aromatic heterocycles. The van der Waals surface area contributed by atoms with Gasteiger partial charge in [0.15, 0.2) is 0 Å². The maximum atomic E-state index is 8.86. The normalized spacial score (nSPS) is 13.8. The minimum atomic E-state index is 0.132. The van der Waals surface area contributed by atoms with E-state index in [0.29, 0.717) is 5.92 Å². The molecular formula is C14H21NO. The second kappa shape index (κ2) is 7.18. The van der Waals surface area contributed by atoms with Crippen LogP contribution in [0.15, 0.2) is 36.0 Å². The van der Waals surface area contributed by atoms with E-state index < -0.39 is 0 Å². The van der Waals surface area contributed by atoms with E-state index in [9.17, 15) is 0 Å². The van der Waals surface area contributed by atoms with Gasteiger partial charge in [-0.05, 0) is 31.9 Å². The molecule has 0 fully saturated rings. The first-order chi connectivity index (χ1) is 7.77. The quantitative estimate of drug-likeness (QED) is 0.745. The number of hydrogen-bond donors (Lipinski definition) is 1. The number of aromatic nitrogens is 1. The molecule has 1 unspecified atom stereocenters. The monoisotopic (exact) mass is 219 g/mol. The van der Waals surface area contributed by atoms with E-state index in [2.05, 4.69) is 24.9 Å². The number of hydrogen-bond acceptors (Lipinski definition) is 2. The highest BCUT2D eigenvalue weighted by Crippen LogP contribution is 2.26. The summed E-state index contributed by atoms with van der Waals surface area (Å²) in [4.78, 5) is 4.42.